The van der Waals surface area contributed by atoms with Gasteiger partial charge in [-0.2, -0.15) is 0 Å². The minimum atomic E-state index is 0.00123. The molecule has 1 heteroatoms. The Kier molecular flexibility index (Phi) is 4.15. The number of aryl methyl sites for hydroxylation is 2. The summed E-state index contributed by atoms with van der Waals surface area (Å²) in [5.74, 6) is 0.545. The van der Waals surface area contributed by atoms with Gasteiger partial charge in [0, 0.05) is 6.61 Å². The Morgan fingerprint density at radius 3 is 2.58 bits per heavy atom. The first-order valence-corrected chi connectivity index (χ1v) is 7.31. The van der Waals surface area contributed by atoms with Crippen LogP contribution in [0.15, 0.2) is 18.2 Å². The summed E-state index contributed by atoms with van der Waals surface area (Å²) in [6.07, 6.45) is 7.91. The van der Waals surface area contributed by atoms with Gasteiger partial charge in [-0.15, -0.1) is 0 Å². The van der Waals surface area contributed by atoms with Crippen molar-refractivity contribution in [3.05, 3.63) is 40.5 Å². The molecule has 104 valence electrons. The lowest BCUT2D eigenvalue weighted by Crippen LogP contribution is -2.30. The van der Waals surface area contributed by atoms with Crippen LogP contribution in [0.3, 0.4) is 0 Å². The van der Waals surface area contributed by atoms with Crippen molar-refractivity contribution in [2.45, 2.75) is 47.0 Å². The van der Waals surface area contributed by atoms with Gasteiger partial charge in [0.2, 0.25) is 0 Å². The Morgan fingerprint density at radius 2 is 1.89 bits per heavy atom. The van der Waals surface area contributed by atoms with Gasteiger partial charge in [0.15, 0.2) is 0 Å². The number of fused-ring (bicyclic) bond motifs is 1. The molecule has 1 aromatic carbocycles. The highest BCUT2D eigenvalue weighted by atomic mass is 16.3. The molecule has 0 bridgehead atoms. The van der Waals surface area contributed by atoms with Crippen LogP contribution in [0.2, 0.25) is 0 Å². The van der Waals surface area contributed by atoms with Gasteiger partial charge in [0.1, 0.15) is 0 Å². The van der Waals surface area contributed by atoms with Crippen molar-refractivity contribution < 1.29 is 5.11 Å². The maximum atomic E-state index is 9.64. The van der Waals surface area contributed by atoms with Crippen molar-refractivity contribution in [2.75, 3.05) is 6.61 Å². The zero-order chi connectivity index (χ0) is 14.0. The number of aliphatic hydroxyl groups is 1. The number of allylic oxidation sites excluding steroid dienone is 1. The summed E-state index contributed by atoms with van der Waals surface area (Å²) in [5.41, 5.74) is 5.53. The van der Waals surface area contributed by atoms with Gasteiger partial charge in [-0.05, 0) is 66.7 Å². The predicted molar refractivity (Wildman–Crippen MR) is 82.2 cm³/mol. The quantitative estimate of drug-likeness (QED) is 0.839. The Bertz CT molecular complexity index is 483. The van der Waals surface area contributed by atoms with Crippen LogP contribution in [0.1, 0.15) is 48.9 Å². The largest absolute Gasteiger partial charge is 0.396 e. The van der Waals surface area contributed by atoms with Crippen LogP contribution in [0, 0.1) is 25.2 Å². The second-order valence-electron chi connectivity index (χ2n) is 6.66. The van der Waals surface area contributed by atoms with E-state index < -0.39 is 0 Å². The van der Waals surface area contributed by atoms with E-state index in [0.717, 1.165) is 19.3 Å². The van der Waals surface area contributed by atoms with Gasteiger partial charge >= 0.3 is 0 Å². The number of hydrogen-bond acceptors (Lipinski definition) is 1. The van der Waals surface area contributed by atoms with Crippen LogP contribution in [0.25, 0.3) is 6.08 Å². The van der Waals surface area contributed by atoms with Crippen molar-refractivity contribution in [2.24, 2.45) is 11.3 Å². The molecule has 1 aliphatic rings. The molecule has 0 spiro atoms. The summed E-state index contributed by atoms with van der Waals surface area (Å²) >= 11 is 0. The molecular formula is C18H26O. The molecule has 1 atom stereocenters. The first kappa shape index (κ1) is 14.3. The number of rotatable bonds is 2. The molecular weight excluding hydrogens is 232 g/mol. The van der Waals surface area contributed by atoms with E-state index in [4.69, 9.17) is 0 Å². The highest BCUT2D eigenvalue weighted by Crippen LogP contribution is 2.35. The van der Waals surface area contributed by atoms with Gasteiger partial charge in [0.05, 0.1) is 0 Å². The fourth-order valence-corrected chi connectivity index (χ4v) is 2.90. The SMILES string of the molecule is Cc1cc2c(cc1C)CC(C(C)(C)CO)CC/C=C/2. The standard InChI is InChI=1S/C18H26O/c1-13-9-15-7-5-6-8-17(18(3,4)12-19)11-16(15)10-14(13)2/h5,7,9-10,17,19H,6,8,11-12H2,1-4H3/b7-5+. The smallest absolute Gasteiger partial charge is 0.0484 e. The van der Waals surface area contributed by atoms with E-state index in [1.165, 1.54) is 22.3 Å². The second-order valence-corrected chi connectivity index (χ2v) is 6.66. The molecule has 0 amide bonds. The van der Waals surface area contributed by atoms with E-state index in [2.05, 4.69) is 52.0 Å². The molecule has 0 radical (unpaired) electrons. The summed E-state index contributed by atoms with van der Waals surface area (Å²) in [6.45, 7) is 9.00. The van der Waals surface area contributed by atoms with Crippen molar-refractivity contribution in [3.63, 3.8) is 0 Å². The predicted octanol–water partition coefficient (Wildman–Crippen LogP) is 4.29. The third-order valence-corrected chi connectivity index (χ3v) is 4.71. The van der Waals surface area contributed by atoms with Gasteiger partial charge < -0.3 is 5.11 Å². The topological polar surface area (TPSA) is 20.2 Å². The van der Waals surface area contributed by atoms with Gasteiger partial charge in [-0.1, -0.05) is 38.1 Å². The Morgan fingerprint density at radius 1 is 1.21 bits per heavy atom. The van der Waals surface area contributed by atoms with E-state index in [9.17, 15) is 5.11 Å². The molecule has 0 aromatic heterocycles. The number of hydrogen-bond donors (Lipinski definition) is 1. The molecule has 1 unspecified atom stereocenters. The monoisotopic (exact) mass is 258 g/mol. The second kappa shape index (κ2) is 5.50. The molecule has 0 saturated heterocycles. The Hall–Kier alpha value is -1.08. The zero-order valence-electron chi connectivity index (χ0n) is 12.7. The third kappa shape index (κ3) is 3.09. The Labute approximate surface area is 117 Å². The highest BCUT2D eigenvalue weighted by Gasteiger charge is 2.29. The van der Waals surface area contributed by atoms with Gasteiger partial charge in [0.25, 0.3) is 0 Å². The molecule has 1 N–H and O–H groups in total. The van der Waals surface area contributed by atoms with E-state index in [1.54, 1.807) is 0 Å². The molecule has 0 saturated carbocycles. The molecule has 1 aromatic rings. The minimum Gasteiger partial charge on any atom is -0.396 e. The fraction of sp³-hybridized carbons (Fsp3) is 0.556. The highest BCUT2D eigenvalue weighted by molar-refractivity contribution is 5.57. The van der Waals surface area contributed by atoms with E-state index in [-0.39, 0.29) is 12.0 Å². The first-order chi connectivity index (χ1) is 8.94. The lowest BCUT2D eigenvalue weighted by atomic mass is 9.72. The average molecular weight is 258 g/mol. The molecule has 1 aliphatic carbocycles. The van der Waals surface area contributed by atoms with Crippen LogP contribution >= 0.6 is 0 Å². The molecule has 2 rings (SSSR count). The first-order valence-electron chi connectivity index (χ1n) is 7.31. The number of benzene rings is 1. The minimum absolute atomic E-state index is 0.00123. The van der Waals surface area contributed by atoms with Crippen LogP contribution in [-0.4, -0.2) is 11.7 Å². The summed E-state index contributed by atoms with van der Waals surface area (Å²) in [4.78, 5) is 0. The van der Waals surface area contributed by atoms with Crippen LogP contribution in [-0.2, 0) is 6.42 Å². The van der Waals surface area contributed by atoms with Gasteiger partial charge in [-0.25, -0.2) is 0 Å². The lowest BCUT2D eigenvalue weighted by Gasteiger charge is -2.34. The van der Waals surface area contributed by atoms with Crippen molar-refractivity contribution in [1.82, 2.24) is 0 Å². The molecule has 1 nitrogen and oxygen atoms in total. The molecule has 0 heterocycles. The van der Waals surface area contributed by atoms with E-state index >= 15 is 0 Å². The van der Waals surface area contributed by atoms with Crippen molar-refractivity contribution >= 4 is 6.08 Å². The maximum absolute atomic E-state index is 9.64. The molecule has 0 fully saturated rings. The molecule has 0 aliphatic heterocycles. The summed E-state index contributed by atoms with van der Waals surface area (Å²) in [5, 5.41) is 9.64. The number of aliphatic hydroxyl groups excluding tert-OH is 1. The van der Waals surface area contributed by atoms with Crippen LogP contribution in [0.4, 0.5) is 0 Å². The van der Waals surface area contributed by atoms with E-state index in [1.807, 2.05) is 0 Å². The summed E-state index contributed by atoms with van der Waals surface area (Å²) < 4.78 is 0. The van der Waals surface area contributed by atoms with Gasteiger partial charge in [-0.3, -0.25) is 0 Å². The summed E-state index contributed by atoms with van der Waals surface area (Å²) in [7, 11) is 0. The fourth-order valence-electron chi connectivity index (χ4n) is 2.90. The van der Waals surface area contributed by atoms with E-state index in [0.29, 0.717) is 5.92 Å². The van der Waals surface area contributed by atoms with Crippen LogP contribution < -0.4 is 0 Å². The molecule has 19 heavy (non-hydrogen) atoms. The lowest BCUT2D eigenvalue weighted by molar-refractivity contribution is 0.0908. The summed E-state index contributed by atoms with van der Waals surface area (Å²) in [6, 6.07) is 4.64. The van der Waals surface area contributed by atoms with Crippen molar-refractivity contribution in [1.29, 1.82) is 0 Å². The van der Waals surface area contributed by atoms with Crippen molar-refractivity contribution in [3.8, 4) is 0 Å². The normalized spacial score (nSPS) is 21.4. The third-order valence-electron chi connectivity index (χ3n) is 4.71. The maximum Gasteiger partial charge on any atom is 0.0484 e. The zero-order valence-corrected chi connectivity index (χ0v) is 12.7. The average Bonchev–Trinajstić information content (AvgIpc) is 2.34. The van der Waals surface area contributed by atoms with Crippen LogP contribution in [0.5, 0.6) is 0 Å². The Balaban J connectivity index is 2.39.